The van der Waals surface area contributed by atoms with Gasteiger partial charge in [-0.1, -0.05) is 13.8 Å². The van der Waals surface area contributed by atoms with E-state index in [2.05, 4.69) is 13.8 Å². The summed E-state index contributed by atoms with van der Waals surface area (Å²) in [4.78, 5) is 0. The average molecular weight is 110 g/mol. The molecule has 0 aromatic heterocycles. The minimum absolute atomic E-state index is 0.833. The van der Waals surface area contributed by atoms with Gasteiger partial charge in [-0.25, -0.2) is 0 Å². The van der Waals surface area contributed by atoms with Crippen molar-refractivity contribution in [1.29, 1.82) is 0 Å². The van der Waals surface area contributed by atoms with E-state index in [1.54, 1.807) is 0 Å². The molecule has 0 nitrogen and oxygen atoms in total. The monoisotopic (exact) mass is 110 g/mol. The molecule has 2 aliphatic rings. The van der Waals surface area contributed by atoms with Gasteiger partial charge < -0.3 is 0 Å². The maximum Gasteiger partial charge on any atom is -0.0294 e. The predicted octanol–water partition coefficient (Wildman–Crippen LogP) is 2.44. The Hall–Kier alpha value is 0. The summed E-state index contributed by atoms with van der Waals surface area (Å²) >= 11 is 0. The molecule has 46 valence electrons. The number of hydrogen-bond acceptors (Lipinski definition) is 0. The Labute approximate surface area is 51.3 Å². The first-order valence-electron chi connectivity index (χ1n) is 3.72. The normalized spacial score (nSPS) is 48.8. The van der Waals surface area contributed by atoms with Gasteiger partial charge in [-0.3, -0.25) is 0 Å². The zero-order chi connectivity index (χ0) is 5.78. The molecule has 0 bridgehead atoms. The van der Waals surface area contributed by atoms with Crippen LogP contribution in [0.1, 0.15) is 33.1 Å². The van der Waals surface area contributed by atoms with Crippen LogP contribution in [0.25, 0.3) is 0 Å². The molecule has 0 aliphatic heterocycles. The molecule has 1 unspecified atom stereocenters. The first kappa shape index (κ1) is 4.84. The quantitative estimate of drug-likeness (QED) is 0.486. The summed E-state index contributed by atoms with van der Waals surface area (Å²) in [5.74, 6) is 2.20. The molecule has 2 atom stereocenters. The lowest BCUT2D eigenvalue weighted by Gasteiger charge is -2.02. The molecule has 8 heavy (non-hydrogen) atoms. The third-order valence-corrected chi connectivity index (χ3v) is 3.04. The van der Waals surface area contributed by atoms with Crippen LogP contribution in [0, 0.1) is 17.3 Å². The van der Waals surface area contributed by atoms with Gasteiger partial charge >= 0.3 is 0 Å². The Kier molecular flexibility index (Phi) is 0.678. The van der Waals surface area contributed by atoms with Crippen LogP contribution in [0.3, 0.4) is 0 Å². The predicted molar refractivity (Wildman–Crippen MR) is 34.6 cm³/mol. The Morgan fingerprint density at radius 3 is 2.00 bits per heavy atom. The largest absolute Gasteiger partial charge is 0.0622 e. The van der Waals surface area contributed by atoms with Gasteiger partial charge in [0.2, 0.25) is 0 Å². The molecule has 2 aliphatic carbocycles. The molecule has 0 aromatic carbocycles. The van der Waals surface area contributed by atoms with Crippen molar-refractivity contribution in [2.75, 3.05) is 0 Å². The standard InChI is InChI=1S/C8H14/c1-6-5-7(6)8(2)3-4-8/h6-7H,3-5H2,1-2H3/t6-,7?/m1/s1. The molecule has 2 fully saturated rings. The summed E-state index contributed by atoms with van der Waals surface area (Å²) in [6.07, 6.45) is 4.56. The van der Waals surface area contributed by atoms with Crippen LogP contribution in [-0.2, 0) is 0 Å². The molecule has 2 rings (SSSR count). The molecular formula is C8H14. The summed E-state index contributed by atoms with van der Waals surface area (Å²) in [6, 6.07) is 0. The molecule has 0 heterocycles. The Bertz CT molecular complexity index is 111. The minimum atomic E-state index is 0.833. The highest BCUT2D eigenvalue weighted by atomic mass is 14.6. The summed E-state index contributed by atoms with van der Waals surface area (Å²) in [7, 11) is 0. The topological polar surface area (TPSA) is 0 Å². The fraction of sp³-hybridized carbons (Fsp3) is 1.00. The van der Waals surface area contributed by atoms with E-state index in [-0.39, 0.29) is 0 Å². The molecule has 0 spiro atoms. The lowest BCUT2D eigenvalue weighted by atomic mass is 10.0. The van der Waals surface area contributed by atoms with Gasteiger partial charge in [0.25, 0.3) is 0 Å². The molecule has 0 heteroatoms. The smallest absolute Gasteiger partial charge is 0.0294 e. The Balaban J connectivity index is 1.99. The highest BCUT2D eigenvalue weighted by Crippen LogP contribution is 2.63. The highest BCUT2D eigenvalue weighted by Gasteiger charge is 2.53. The van der Waals surface area contributed by atoms with E-state index in [0.29, 0.717) is 0 Å². The fourth-order valence-corrected chi connectivity index (χ4v) is 1.86. The summed E-state index contributed by atoms with van der Waals surface area (Å²) in [6.45, 7) is 4.83. The Morgan fingerprint density at radius 2 is 1.88 bits per heavy atom. The molecule has 0 amide bonds. The van der Waals surface area contributed by atoms with Crippen LogP contribution >= 0.6 is 0 Å². The van der Waals surface area contributed by atoms with Crippen molar-refractivity contribution >= 4 is 0 Å². The molecule has 0 saturated heterocycles. The highest BCUT2D eigenvalue weighted by molar-refractivity contribution is 5.03. The number of hydrogen-bond donors (Lipinski definition) is 0. The van der Waals surface area contributed by atoms with E-state index in [4.69, 9.17) is 0 Å². The summed E-state index contributed by atoms with van der Waals surface area (Å²) in [5, 5.41) is 0. The average Bonchev–Trinajstić information content (AvgIpc) is 2.47. The third kappa shape index (κ3) is 0.519. The summed E-state index contributed by atoms with van der Waals surface area (Å²) in [5.41, 5.74) is 0.833. The van der Waals surface area contributed by atoms with Crippen LogP contribution < -0.4 is 0 Å². The minimum Gasteiger partial charge on any atom is -0.0622 e. The van der Waals surface area contributed by atoms with Gasteiger partial charge in [0.05, 0.1) is 0 Å². The Morgan fingerprint density at radius 1 is 1.38 bits per heavy atom. The van der Waals surface area contributed by atoms with Gasteiger partial charge in [-0.05, 0) is 36.5 Å². The van der Waals surface area contributed by atoms with Gasteiger partial charge in [-0.2, -0.15) is 0 Å². The van der Waals surface area contributed by atoms with Crippen molar-refractivity contribution in [2.45, 2.75) is 33.1 Å². The first-order chi connectivity index (χ1) is 3.72. The van der Waals surface area contributed by atoms with Gasteiger partial charge in [-0.15, -0.1) is 0 Å². The summed E-state index contributed by atoms with van der Waals surface area (Å²) < 4.78 is 0. The second-order valence-corrected chi connectivity index (χ2v) is 3.97. The van der Waals surface area contributed by atoms with Crippen molar-refractivity contribution in [1.82, 2.24) is 0 Å². The van der Waals surface area contributed by atoms with E-state index in [9.17, 15) is 0 Å². The maximum atomic E-state index is 2.45. The SMILES string of the molecule is C[C@@H]1CC1C1(C)CC1. The molecule has 2 saturated carbocycles. The van der Waals surface area contributed by atoms with Crippen molar-refractivity contribution in [2.24, 2.45) is 17.3 Å². The van der Waals surface area contributed by atoms with Crippen LogP contribution in [-0.4, -0.2) is 0 Å². The van der Waals surface area contributed by atoms with Crippen LogP contribution in [0.4, 0.5) is 0 Å². The fourth-order valence-electron chi connectivity index (χ4n) is 1.86. The molecule has 0 radical (unpaired) electrons. The molecule has 0 N–H and O–H groups in total. The van der Waals surface area contributed by atoms with E-state index in [0.717, 1.165) is 17.3 Å². The lowest BCUT2D eigenvalue weighted by Crippen LogP contribution is -1.95. The third-order valence-electron chi connectivity index (χ3n) is 3.04. The van der Waals surface area contributed by atoms with E-state index < -0.39 is 0 Å². The lowest BCUT2D eigenvalue weighted by molar-refractivity contribution is 0.464. The zero-order valence-corrected chi connectivity index (χ0v) is 5.78. The van der Waals surface area contributed by atoms with E-state index in [1.165, 1.54) is 19.3 Å². The second-order valence-electron chi connectivity index (χ2n) is 3.97. The second kappa shape index (κ2) is 1.12. The van der Waals surface area contributed by atoms with Gasteiger partial charge in [0.1, 0.15) is 0 Å². The maximum absolute atomic E-state index is 2.45. The van der Waals surface area contributed by atoms with Gasteiger partial charge in [0.15, 0.2) is 0 Å². The van der Waals surface area contributed by atoms with Gasteiger partial charge in [0, 0.05) is 0 Å². The van der Waals surface area contributed by atoms with Crippen LogP contribution in [0.15, 0.2) is 0 Å². The first-order valence-corrected chi connectivity index (χ1v) is 3.72. The van der Waals surface area contributed by atoms with Crippen molar-refractivity contribution in [3.63, 3.8) is 0 Å². The van der Waals surface area contributed by atoms with Crippen molar-refractivity contribution < 1.29 is 0 Å². The van der Waals surface area contributed by atoms with Crippen molar-refractivity contribution in [3.8, 4) is 0 Å². The van der Waals surface area contributed by atoms with Crippen molar-refractivity contribution in [3.05, 3.63) is 0 Å². The van der Waals surface area contributed by atoms with Crippen LogP contribution in [0.2, 0.25) is 0 Å². The van der Waals surface area contributed by atoms with Crippen LogP contribution in [0.5, 0.6) is 0 Å². The number of rotatable bonds is 1. The van der Waals surface area contributed by atoms with E-state index >= 15 is 0 Å². The zero-order valence-electron chi connectivity index (χ0n) is 5.78. The molecular weight excluding hydrogens is 96.1 g/mol. The molecule has 0 aromatic rings. The van der Waals surface area contributed by atoms with E-state index in [1.807, 2.05) is 0 Å².